The zero-order valence-corrected chi connectivity index (χ0v) is 26.2. The van der Waals surface area contributed by atoms with Crippen LogP contribution in [0.5, 0.6) is 23.0 Å². The molecule has 0 bridgehead atoms. The summed E-state index contributed by atoms with van der Waals surface area (Å²) in [5.41, 5.74) is 3.47. The molecule has 2 atom stereocenters. The van der Waals surface area contributed by atoms with Crippen molar-refractivity contribution in [3.63, 3.8) is 0 Å². The lowest BCUT2D eigenvalue weighted by Gasteiger charge is -2.24. The summed E-state index contributed by atoms with van der Waals surface area (Å²) >= 11 is 1.26. The molecule has 1 saturated heterocycles. The fraction of sp³-hybridized carbons (Fsp3) is 0.194. The van der Waals surface area contributed by atoms with Crippen LogP contribution in [0.1, 0.15) is 35.2 Å². The number of hydrogen-bond acceptors (Lipinski definition) is 9. The smallest absolute Gasteiger partial charge is 0.301 e. The summed E-state index contributed by atoms with van der Waals surface area (Å²) in [4.78, 5) is 33.7. The Morgan fingerprint density at radius 2 is 1.80 bits per heavy atom. The largest absolute Gasteiger partial charge is 0.507 e. The Hall–Kier alpha value is -5.35. The Morgan fingerprint density at radius 3 is 2.59 bits per heavy atom. The summed E-state index contributed by atoms with van der Waals surface area (Å²) in [6, 6.07) is 24.7. The lowest BCUT2D eigenvalue weighted by molar-refractivity contribution is -0.132. The van der Waals surface area contributed by atoms with Crippen molar-refractivity contribution in [3.05, 3.63) is 113 Å². The molecule has 0 saturated carbocycles. The van der Waals surface area contributed by atoms with Crippen molar-refractivity contribution in [2.24, 2.45) is 0 Å². The minimum atomic E-state index is -0.997. The number of thiazole rings is 1. The quantitative estimate of drug-likeness (QED) is 0.112. The molecule has 2 aliphatic rings. The maximum absolute atomic E-state index is 13.8. The number of hydrogen-bond donors (Lipinski definition) is 1. The highest BCUT2D eigenvalue weighted by Gasteiger charge is 2.48. The molecule has 1 N–H and O–H groups in total. The number of Topliss-reactive ketones (excluding diaryl/α,β-unsaturated/α-hetero) is 1. The third kappa shape index (κ3) is 5.20. The van der Waals surface area contributed by atoms with E-state index in [0.717, 1.165) is 21.6 Å². The van der Waals surface area contributed by atoms with Crippen LogP contribution < -0.4 is 23.8 Å². The summed E-state index contributed by atoms with van der Waals surface area (Å²) in [6.45, 7) is 2.30. The van der Waals surface area contributed by atoms with Gasteiger partial charge in [0.05, 0.1) is 36.1 Å². The first-order valence-corrected chi connectivity index (χ1v) is 15.6. The van der Waals surface area contributed by atoms with Crippen molar-refractivity contribution in [3.8, 4) is 23.0 Å². The van der Waals surface area contributed by atoms with E-state index in [4.69, 9.17) is 23.9 Å². The molecule has 2 aliphatic heterocycles. The van der Waals surface area contributed by atoms with Gasteiger partial charge in [-0.15, -0.1) is 0 Å². The van der Waals surface area contributed by atoms with Crippen LogP contribution in [0.4, 0.5) is 5.13 Å². The monoisotopic (exact) mass is 634 g/mol. The molecule has 1 amide bonds. The third-order valence-corrected chi connectivity index (χ3v) is 9.16. The van der Waals surface area contributed by atoms with E-state index < -0.39 is 17.7 Å². The average molecular weight is 635 g/mol. The molecule has 0 spiro atoms. The number of anilines is 1. The van der Waals surface area contributed by atoms with Crippen molar-refractivity contribution in [2.45, 2.75) is 32.1 Å². The van der Waals surface area contributed by atoms with E-state index in [0.29, 0.717) is 52.1 Å². The van der Waals surface area contributed by atoms with Gasteiger partial charge in [-0.1, -0.05) is 47.7 Å². The second-order valence-electron chi connectivity index (χ2n) is 11.1. The summed E-state index contributed by atoms with van der Waals surface area (Å²) < 4.78 is 23.8. The van der Waals surface area contributed by atoms with Crippen molar-refractivity contribution < 1.29 is 33.6 Å². The molecule has 46 heavy (non-hydrogen) atoms. The fourth-order valence-electron chi connectivity index (χ4n) is 5.90. The fourth-order valence-corrected chi connectivity index (χ4v) is 6.92. The highest BCUT2D eigenvalue weighted by molar-refractivity contribution is 7.22. The Morgan fingerprint density at radius 1 is 0.978 bits per heavy atom. The van der Waals surface area contributed by atoms with Crippen LogP contribution in [0.2, 0.25) is 0 Å². The van der Waals surface area contributed by atoms with Crippen molar-refractivity contribution in [2.75, 3.05) is 19.1 Å². The van der Waals surface area contributed by atoms with Crippen molar-refractivity contribution in [1.82, 2.24) is 4.98 Å². The number of carbonyl (C=O) groups excluding carboxylic acids is 2. The molecule has 7 rings (SSSR count). The Bertz CT molecular complexity index is 2020. The zero-order chi connectivity index (χ0) is 31.9. The van der Waals surface area contributed by atoms with E-state index in [1.165, 1.54) is 23.3 Å². The number of aromatic nitrogens is 1. The number of amides is 1. The number of aliphatic hydroxyl groups excluding tert-OH is 1. The van der Waals surface area contributed by atoms with Crippen LogP contribution in [0.15, 0.2) is 90.5 Å². The highest BCUT2D eigenvalue weighted by atomic mass is 32.1. The SMILES string of the molecule is COc1ccc2nc(N3C(=O)C(=O)/C(=C(/O)c4ccc5c(c4)C[C@@H](C)O5)[C@@H]3c3ccc(OCc4ccccc4)c(OC)c3)sc2c1. The zero-order valence-electron chi connectivity index (χ0n) is 25.4. The van der Waals surface area contributed by atoms with Crippen molar-refractivity contribution in [1.29, 1.82) is 0 Å². The summed E-state index contributed by atoms with van der Waals surface area (Å²) in [6.07, 6.45) is 0.677. The number of methoxy groups -OCH3 is 2. The summed E-state index contributed by atoms with van der Waals surface area (Å²) in [5.74, 6) is 0.406. The van der Waals surface area contributed by atoms with Gasteiger partial charge in [-0.2, -0.15) is 0 Å². The lowest BCUT2D eigenvalue weighted by Crippen LogP contribution is -2.29. The lowest BCUT2D eigenvalue weighted by atomic mass is 9.94. The van der Waals surface area contributed by atoms with Crippen LogP contribution in [0, 0.1) is 0 Å². The van der Waals surface area contributed by atoms with Gasteiger partial charge in [0, 0.05) is 12.0 Å². The predicted molar refractivity (Wildman–Crippen MR) is 175 cm³/mol. The van der Waals surface area contributed by atoms with Gasteiger partial charge in [-0.25, -0.2) is 4.98 Å². The van der Waals surface area contributed by atoms with Gasteiger partial charge in [0.1, 0.15) is 30.0 Å². The van der Waals surface area contributed by atoms with Gasteiger partial charge in [0.2, 0.25) is 0 Å². The van der Waals surface area contributed by atoms with Gasteiger partial charge in [-0.3, -0.25) is 14.5 Å². The highest BCUT2D eigenvalue weighted by Crippen LogP contribution is 2.46. The number of nitrogens with zero attached hydrogens (tertiary/aromatic N) is 2. The second kappa shape index (κ2) is 11.9. The molecule has 1 fully saturated rings. The van der Waals surface area contributed by atoms with Crippen LogP contribution in [-0.4, -0.2) is 42.1 Å². The first-order chi connectivity index (χ1) is 22.3. The van der Waals surface area contributed by atoms with E-state index in [2.05, 4.69) is 0 Å². The molecule has 0 unspecified atom stereocenters. The topological polar surface area (TPSA) is 107 Å². The molecule has 0 aliphatic carbocycles. The third-order valence-electron chi connectivity index (χ3n) is 8.14. The van der Waals surface area contributed by atoms with Crippen LogP contribution in [-0.2, 0) is 22.6 Å². The van der Waals surface area contributed by atoms with E-state index >= 15 is 0 Å². The molecule has 10 heteroatoms. The number of carbonyl (C=O) groups is 2. The molecule has 9 nitrogen and oxygen atoms in total. The minimum Gasteiger partial charge on any atom is -0.507 e. The number of benzene rings is 4. The van der Waals surface area contributed by atoms with Crippen LogP contribution in [0.25, 0.3) is 16.0 Å². The minimum absolute atomic E-state index is 0.00530. The van der Waals surface area contributed by atoms with E-state index in [1.54, 1.807) is 49.6 Å². The van der Waals surface area contributed by atoms with Crippen molar-refractivity contribution >= 4 is 44.1 Å². The normalized spacial score (nSPS) is 18.5. The van der Waals surface area contributed by atoms with Crippen LogP contribution >= 0.6 is 11.3 Å². The van der Waals surface area contributed by atoms with E-state index in [9.17, 15) is 14.7 Å². The molecule has 232 valence electrons. The van der Waals surface area contributed by atoms with Crippen LogP contribution in [0.3, 0.4) is 0 Å². The predicted octanol–water partition coefficient (Wildman–Crippen LogP) is 6.84. The van der Waals surface area contributed by atoms with E-state index in [1.807, 2.05) is 49.4 Å². The molecule has 0 radical (unpaired) electrons. The Kier molecular flexibility index (Phi) is 7.58. The molecule has 5 aromatic rings. The first kappa shape index (κ1) is 29.4. The molecule has 3 heterocycles. The average Bonchev–Trinajstić information content (AvgIpc) is 3.75. The number of rotatable bonds is 8. The van der Waals surface area contributed by atoms with Gasteiger partial charge in [0.25, 0.3) is 5.78 Å². The Labute approximate surface area is 269 Å². The molecular weight excluding hydrogens is 604 g/mol. The van der Waals surface area contributed by atoms with E-state index in [-0.39, 0.29) is 17.4 Å². The second-order valence-corrected chi connectivity index (χ2v) is 12.1. The number of ether oxygens (including phenoxy) is 4. The number of ketones is 1. The number of fused-ring (bicyclic) bond motifs is 2. The number of aliphatic hydroxyl groups is 1. The molecular formula is C36H30N2O7S. The molecule has 1 aromatic heterocycles. The molecule has 4 aromatic carbocycles. The Balaban J connectivity index is 1.35. The van der Waals surface area contributed by atoms with Gasteiger partial charge in [0.15, 0.2) is 16.6 Å². The maximum Gasteiger partial charge on any atom is 0.301 e. The van der Waals surface area contributed by atoms with Gasteiger partial charge >= 0.3 is 5.91 Å². The maximum atomic E-state index is 13.8. The standard InChI is InChI=1S/C36H30N2O7S/c1-20-15-24-16-23(10-13-27(24)45-20)33(39)31-32(22-9-14-28(29(17-22)43-3)44-19-21-7-5-4-6-8-21)38(35(41)34(31)40)36-37-26-12-11-25(42-2)18-30(26)46-36/h4-14,16-18,20,32,39H,15,19H2,1-3H3/b33-31+/t20-,32+/m1/s1. The van der Waals surface area contributed by atoms with Gasteiger partial charge < -0.3 is 24.1 Å². The van der Waals surface area contributed by atoms with Gasteiger partial charge in [-0.05, 0) is 72.1 Å². The summed E-state index contributed by atoms with van der Waals surface area (Å²) in [5, 5.41) is 12.1. The first-order valence-electron chi connectivity index (χ1n) is 14.7. The summed E-state index contributed by atoms with van der Waals surface area (Å²) in [7, 11) is 3.11.